The van der Waals surface area contributed by atoms with E-state index in [1.807, 2.05) is 0 Å². The van der Waals surface area contributed by atoms with Gasteiger partial charge < -0.3 is 4.74 Å². The van der Waals surface area contributed by atoms with Gasteiger partial charge >= 0.3 is 12.1 Å². The minimum absolute atomic E-state index is 0.00280. The summed E-state index contributed by atoms with van der Waals surface area (Å²) in [6.45, 7) is 0. The van der Waals surface area contributed by atoms with Crippen LogP contribution in [0.5, 0.6) is 5.75 Å². The van der Waals surface area contributed by atoms with Gasteiger partial charge in [0, 0.05) is 0 Å². The molecule has 1 aliphatic heterocycles. The Labute approximate surface area is 93.5 Å². The van der Waals surface area contributed by atoms with Crippen LogP contribution in [0.25, 0.3) is 0 Å². The van der Waals surface area contributed by atoms with Gasteiger partial charge in [0.25, 0.3) is 0 Å². The third kappa shape index (κ3) is 1.99. The first-order chi connectivity index (χ1) is 7.82. The summed E-state index contributed by atoms with van der Waals surface area (Å²) in [5, 5.41) is 0. The molecule has 17 heavy (non-hydrogen) atoms. The van der Waals surface area contributed by atoms with Crippen LogP contribution in [0.4, 0.5) is 22.0 Å². The van der Waals surface area contributed by atoms with Crippen molar-refractivity contribution in [3.05, 3.63) is 41.7 Å². The maximum absolute atomic E-state index is 13.0. The Balaban J connectivity index is 2.31. The molecule has 6 heteroatoms. The largest absolute Gasteiger partial charge is 0.461 e. The summed E-state index contributed by atoms with van der Waals surface area (Å²) in [6, 6.07) is 6.12. The molecular formula is C11H7F5O. The van der Waals surface area contributed by atoms with E-state index >= 15 is 0 Å². The maximum atomic E-state index is 13.0. The highest BCUT2D eigenvalue weighted by Gasteiger charge is 2.62. The van der Waals surface area contributed by atoms with Crippen molar-refractivity contribution in [3.8, 4) is 5.75 Å². The molecule has 0 fully saturated rings. The average Bonchev–Trinajstić information content (AvgIpc) is 2.27. The summed E-state index contributed by atoms with van der Waals surface area (Å²) in [5.74, 6) is -6.28. The van der Waals surface area contributed by atoms with E-state index in [1.165, 1.54) is 12.1 Å². The van der Waals surface area contributed by atoms with Crippen molar-refractivity contribution >= 4 is 0 Å². The van der Waals surface area contributed by atoms with Crippen LogP contribution in [0.2, 0.25) is 0 Å². The Bertz CT molecular complexity index is 461. The topological polar surface area (TPSA) is 9.23 Å². The Hall–Kier alpha value is -1.59. The third-order valence-electron chi connectivity index (χ3n) is 2.37. The number of halogens is 5. The van der Waals surface area contributed by atoms with E-state index in [1.54, 1.807) is 12.1 Å². The molecule has 0 unspecified atom stereocenters. The zero-order chi connectivity index (χ0) is 12.7. The van der Waals surface area contributed by atoms with Gasteiger partial charge in [0.2, 0.25) is 0 Å². The fourth-order valence-corrected chi connectivity index (χ4v) is 1.47. The van der Waals surface area contributed by atoms with E-state index in [2.05, 4.69) is 4.74 Å². The van der Waals surface area contributed by atoms with E-state index < -0.39 is 17.9 Å². The summed E-state index contributed by atoms with van der Waals surface area (Å²) in [7, 11) is 0. The molecule has 0 amide bonds. The number of benzene rings is 1. The first-order valence-corrected chi connectivity index (χ1v) is 4.73. The van der Waals surface area contributed by atoms with E-state index in [0.29, 0.717) is 5.56 Å². The summed E-state index contributed by atoms with van der Waals surface area (Å²) >= 11 is 0. The second kappa shape index (κ2) is 3.72. The van der Waals surface area contributed by atoms with Crippen molar-refractivity contribution in [1.29, 1.82) is 0 Å². The zero-order valence-electron chi connectivity index (χ0n) is 8.39. The minimum atomic E-state index is -5.65. The Morgan fingerprint density at radius 3 is 2.29 bits per heavy atom. The lowest BCUT2D eigenvalue weighted by Crippen LogP contribution is -2.40. The van der Waals surface area contributed by atoms with Crippen molar-refractivity contribution < 1.29 is 26.7 Å². The van der Waals surface area contributed by atoms with Crippen LogP contribution < -0.4 is 4.74 Å². The van der Waals surface area contributed by atoms with E-state index in [0.717, 1.165) is 6.08 Å². The lowest BCUT2D eigenvalue weighted by Gasteiger charge is -2.25. The number of allylic oxidation sites excluding steroid dienone is 2. The monoisotopic (exact) mass is 250 g/mol. The molecule has 0 spiro atoms. The molecule has 0 aliphatic carbocycles. The van der Waals surface area contributed by atoms with E-state index in [-0.39, 0.29) is 12.2 Å². The second-order valence-electron chi connectivity index (χ2n) is 3.55. The third-order valence-corrected chi connectivity index (χ3v) is 2.37. The summed E-state index contributed by atoms with van der Waals surface area (Å²) in [6.07, 6.45) is -4.89. The fraction of sp³-hybridized carbons (Fsp3) is 0.273. The summed E-state index contributed by atoms with van der Waals surface area (Å²) < 4.78 is 67.0. The molecule has 0 N–H and O–H groups in total. The lowest BCUT2D eigenvalue weighted by molar-refractivity contribution is -0.273. The smallest absolute Gasteiger partial charge is 0.455 e. The summed E-state index contributed by atoms with van der Waals surface area (Å²) in [4.78, 5) is 0. The van der Waals surface area contributed by atoms with Crippen LogP contribution in [-0.4, -0.2) is 12.1 Å². The van der Waals surface area contributed by atoms with Gasteiger partial charge in [-0.05, 0) is 24.1 Å². The molecule has 0 aromatic heterocycles. The molecule has 92 valence electrons. The van der Waals surface area contributed by atoms with Crippen LogP contribution in [0.15, 0.2) is 36.1 Å². The first-order valence-electron chi connectivity index (χ1n) is 4.73. The number of hydrogen-bond acceptors (Lipinski definition) is 1. The maximum Gasteiger partial charge on any atom is 0.461 e. The quantitative estimate of drug-likeness (QED) is 0.690. The molecule has 1 nitrogen and oxygen atoms in total. The van der Waals surface area contributed by atoms with Crippen LogP contribution in [0.3, 0.4) is 0 Å². The highest BCUT2D eigenvalue weighted by Crippen LogP contribution is 2.43. The summed E-state index contributed by atoms with van der Waals surface area (Å²) in [5.41, 5.74) is 0.578. The predicted octanol–water partition coefficient (Wildman–Crippen LogP) is 3.70. The number of alkyl halides is 5. The van der Waals surface area contributed by atoms with Gasteiger partial charge in [0.1, 0.15) is 5.75 Å². The fourth-order valence-electron chi connectivity index (χ4n) is 1.47. The molecule has 1 aromatic rings. The molecule has 0 bridgehead atoms. The SMILES string of the molecule is FC(F)(F)C(F)(F)C1=CCc2ccccc2O1. The molecule has 1 heterocycles. The molecule has 0 saturated carbocycles. The van der Waals surface area contributed by atoms with Crippen LogP contribution in [0.1, 0.15) is 5.56 Å². The molecule has 0 saturated heterocycles. The molecule has 2 rings (SSSR count). The highest BCUT2D eigenvalue weighted by molar-refractivity contribution is 5.40. The van der Waals surface area contributed by atoms with Crippen molar-refractivity contribution in [1.82, 2.24) is 0 Å². The number of para-hydroxylation sites is 1. The number of fused-ring (bicyclic) bond motifs is 1. The standard InChI is InChI=1S/C11H7F5O/c12-10(13,11(14,15)16)9-6-5-7-3-1-2-4-8(7)17-9/h1-4,6H,5H2. The van der Waals surface area contributed by atoms with Gasteiger partial charge in [-0.15, -0.1) is 0 Å². The Kier molecular flexibility index (Phi) is 2.60. The average molecular weight is 250 g/mol. The van der Waals surface area contributed by atoms with Crippen molar-refractivity contribution in [2.45, 2.75) is 18.5 Å². The van der Waals surface area contributed by atoms with Crippen LogP contribution in [-0.2, 0) is 6.42 Å². The minimum Gasteiger partial charge on any atom is -0.455 e. The van der Waals surface area contributed by atoms with E-state index in [9.17, 15) is 22.0 Å². The van der Waals surface area contributed by atoms with Gasteiger partial charge in [0.05, 0.1) is 0 Å². The van der Waals surface area contributed by atoms with Crippen LogP contribution >= 0.6 is 0 Å². The second-order valence-corrected chi connectivity index (χ2v) is 3.55. The van der Waals surface area contributed by atoms with Crippen molar-refractivity contribution in [2.24, 2.45) is 0 Å². The number of hydrogen-bond donors (Lipinski definition) is 0. The van der Waals surface area contributed by atoms with Gasteiger partial charge in [-0.25, -0.2) is 0 Å². The molecule has 1 aromatic carbocycles. The number of rotatable bonds is 1. The first kappa shape index (κ1) is 11.9. The molecule has 0 atom stereocenters. The predicted molar refractivity (Wildman–Crippen MR) is 49.9 cm³/mol. The molecular weight excluding hydrogens is 243 g/mol. The van der Waals surface area contributed by atoms with Crippen LogP contribution in [0, 0.1) is 0 Å². The molecule has 1 aliphatic rings. The normalized spacial score (nSPS) is 15.9. The Morgan fingerprint density at radius 2 is 1.65 bits per heavy atom. The van der Waals surface area contributed by atoms with Gasteiger partial charge in [0.15, 0.2) is 5.76 Å². The molecule has 0 radical (unpaired) electrons. The zero-order valence-corrected chi connectivity index (χ0v) is 8.39. The van der Waals surface area contributed by atoms with Crippen molar-refractivity contribution in [2.75, 3.05) is 0 Å². The van der Waals surface area contributed by atoms with Gasteiger partial charge in [-0.1, -0.05) is 18.2 Å². The lowest BCUT2D eigenvalue weighted by atomic mass is 10.1. The van der Waals surface area contributed by atoms with Crippen molar-refractivity contribution in [3.63, 3.8) is 0 Å². The van der Waals surface area contributed by atoms with Gasteiger partial charge in [-0.3, -0.25) is 0 Å². The van der Waals surface area contributed by atoms with Gasteiger partial charge in [-0.2, -0.15) is 22.0 Å². The Morgan fingerprint density at radius 1 is 1.00 bits per heavy atom. The highest BCUT2D eigenvalue weighted by atomic mass is 19.4. The van der Waals surface area contributed by atoms with E-state index in [4.69, 9.17) is 0 Å². The number of ether oxygens (including phenoxy) is 1.